The monoisotopic (exact) mass is 268 g/mol. The lowest BCUT2D eigenvalue weighted by Crippen LogP contribution is -2.12. The van der Waals surface area contributed by atoms with Gasteiger partial charge < -0.3 is 5.32 Å². The topological polar surface area (TPSA) is 42.0 Å². The number of carbonyl (C=O) groups excluding carboxylic acids is 1. The Morgan fingerprint density at radius 2 is 2.10 bits per heavy atom. The van der Waals surface area contributed by atoms with E-state index in [0.717, 1.165) is 11.3 Å². The van der Waals surface area contributed by atoms with Gasteiger partial charge in [0.15, 0.2) is 0 Å². The molecular formula is C17H20N2O. The smallest absolute Gasteiger partial charge is 0.224 e. The third-order valence-corrected chi connectivity index (χ3v) is 3.20. The number of benzene rings is 1. The van der Waals surface area contributed by atoms with Crippen LogP contribution in [0.4, 0.5) is 5.69 Å². The van der Waals surface area contributed by atoms with Gasteiger partial charge in [-0.25, -0.2) is 0 Å². The third kappa shape index (κ3) is 4.19. The summed E-state index contributed by atoms with van der Waals surface area (Å²) >= 11 is 0. The van der Waals surface area contributed by atoms with E-state index >= 15 is 0 Å². The number of hydrogen-bond acceptors (Lipinski definition) is 2. The summed E-state index contributed by atoms with van der Waals surface area (Å²) in [5.74, 6) is 0.497. The molecule has 1 heterocycles. The van der Waals surface area contributed by atoms with E-state index in [-0.39, 0.29) is 5.91 Å². The molecular weight excluding hydrogens is 248 g/mol. The number of nitrogens with one attached hydrogen (secondary N) is 1. The maximum absolute atomic E-state index is 11.9. The quantitative estimate of drug-likeness (QED) is 0.896. The van der Waals surface area contributed by atoms with E-state index in [1.165, 1.54) is 5.56 Å². The van der Waals surface area contributed by atoms with Gasteiger partial charge in [0.25, 0.3) is 0 Å². The Kier molecular flexibility index (Phi) is 4.88. The standard InChI is InChI=1S/C17H20N2O/c1-13(2)15-6-3-7-16(11-15)19-17(20)9-8-14-5-4-10-18-12-14/h3-7,10-13H,8-9H2,1-2H3,(H,19,20). The van der Waals surface area contributed by atoms with Crippen LogP contribution in [0.5, 0.6) is 0 Å². The van der Waals surface area contributed by atoms with Crippen molar-refractivity contribution in [3.63, 3.8) is 0 Å². The first-order valence-corrected chi connectivity index (χ1v) is 6.94. The predicted octanol–water partition coefficient (Wildman–Crippen LogP) is 3.78. The normalized spacial score (nSPS) is 10.6. The molecule has 0 radical (unpaired) electrons. The second kappa shape index (κ2) is 6.85. The summed E-state index contributed by atoms with van der Waals surface area (Å²) in [6.45, 7) is 4.28. The fourth-order valence-corrected chi connectivity index (χ4v) is 2.00. The molecule has 0 saturated carbocycles. The molecule has 3 heteroatoms. The Labute approximate surface area is 120 Å². The number of amides is 1. The highest BCUT2D eigenvalue weighted by Crippen LogP contribution is 2.18. The molecule has 0 atom stereocenters. The number of anilines is 1. The number of carbonyl (C=O) groups is 1. The van der Waals surface area contributed by atoms with Crippen LogP contribution in [-0.4, -0.2) is 10.9 Å². The molecule has 0 saturated heterocycles. The zero-order valence-electron chi connectivity index (χ0n) is 12.0. The van der Waals surface area contributed by atoms with Gasteiger partial charge in [0.05, 0.1) is 0 Å². The number of pyridine rings is 1. The van der Waals surface area contributed by atoms with E-state index in [0.29, 0.717) is 18.8 Å². The van der Waals surface area contributed by atoms with Crippen LogP contribution in [0.25, 0.3) is 0 Å². The van der Waals surface area contributed by atoms with E-state index < -0.39 is 0 Å². The maximum Gasteiger partial charge on any atom is 0.224 e. The molecule has 0 aliphatic heterocycles. The number of aryl methyl sites for hydroxylation is 1. The first kappa shape index (κ1) is 14.3. The van der Waals surface area contributed by atoms with Crippen LogP contribution in [-0.2, 0) is 11.2 Å². The van der Waals surface area contributed by atoms with Gasteiger partial charge in [-0.15, -0.1) is 0 Å². The second-order valence-corrected chi connectivity index (χ2v) is 5.19. The van der Waals surface area contributed by atoms with Gasteiger partial charge in [0.2, 0.25) is 5.91 Å². The minimum Gasteiger partial charge on any atom is -0.326 e. The van der Waals surface area contributed by atoms with E-state index in [1.54, 1.807) is 12.4 Å². The van der Waals surface area contributed by atoms with Crippen LogP contribution in [0, 0.1) is 0 Å². The Bertz CT molecular complexity index is 564. The molecule has 1 aromatic heterocycles. The molecule has 2 aromatic rings. The van der Waals surface area contributed by atoms with Gasteiger partial charge >= 0.3 is 0 Å². The zero-order valence-corrected chi connectivity index (χ0v) is 12.0. The summed E-state index contributed by atoms with van der Waals surface area (Å²) in [7, 11) is 0. The molecule has 1 N–H and O–H groups in total. The molecule has 0 bridgehead atoms. The third-order valence-electron chi connectivity index (χ3n) is 3.20. The molecule has 0 fully saturated rings. The van der Waals surface area contributed by atoms with E-state index in [4.69, 9.17) is 0 Å². The fraction of sp³-hybridized carbons (Fsp3) is 0.294. The van der Waals surface area contributed by atoms with Crippen molar-refractivity contribution in [1.82, 2.24) is 4.98 Å². The largest absolute Gasteiger partial charge is 0.326 e. The number of nitrogens with zero attached hydrogens (tertiary/aromatic N) is 1. The minimum absolute atomic E-state index is 0.0368. The molecule has 1 amide bonds. The fourth-order valence-electron chi connectivity index (χ4n) is 2.00. The summed E-state index contributed by atoms with van der Waals surface area (Å²) in [5.41, 5.74) is 3.18. The molecule has 2 rings (SSSR count). The molecule has 0 aliphatic carbocycles. The number of rotatable bonds is 5. The molecule has 1 aromatic carbocycles. The number of aromatic nitrogens is 1. The van der Waals surface area contributed by atoms with Crippen molar-refractivity contribution < 1.29 is 4.79 Å². The summed E-state index contributed by atoms with van der Waals surface area (Å²) < 4.78 is 0. The van der Waals surface area contributed by atoms with Gasteiger partial charge in [-0.05, 0) is 41.7 Å². The van der Waals surface area contributed by atoms with Crippen molar-refractivity contribution in [2.75, 3.05) is 5.32 Å². The van der Waals surface area contributed by atoms with Crippen LogP contribution in [0.1, 0.15) is 37.3 Å². The highest BCUT2D eigenvalue weighted by molar-refractivity contribution is 5.90. The maximum atomic E-state index is 11.9. The highest BCUT2D eigenvalue weighted by atomic mass is 16.1. The lowest BCUT2D eigenvalue weighted by molar-refractivity contribution is -0.116. The lowest BCUT2D eigenvalue weighted by Gasteiger charge is -2.09. The zero-order chi connectivity index (χ0) is 14.4. The Morgan fingerprint density at radius 3 is 2.80 bits per heavy atom. The first-order chi connectivity index (χ1) is 9.65. The van der Waals surface area contributed by atoms with Gasteiger partial charge in [0, 0.05) is 24.5 Å². The molecule has 0 spiro atoms. The van der Waals surface area contributed by atoms with Crippen LogP contribution >= 0.6 is 0 Å². The van der Waals surface area contributed by atoms with Crippen molar-refractivity contribution in [3.05, 3.63) is 59.9 Å². The van der Waals surface area contributed by atoms with Gasteiger partial charge in [-0.2, -0.15) is 0 Å². The molecule has 20 heavy (non-hydrogen) atoms. The van der Waals surface area contributed by atoms with Crippen LogP contribution < -0.4 is 5.32 Å². The van der Waals surface area contributed by atoms with Crippen molar-refractivity contribution >= 4 is 11.6 Å². The average molecular weight is 268 g/mol. The van der Waals surface area contributed by atoms with Gasteiger partial charge in [0.1, 0.15) is 0 Å². The van der Waals surface area contributed by atoms with Crippen LogP contribution in [0.15, 0.2) is 48.8 Å². The lowest BCUT2D eigenvalue weighted by atomic mass is 10.0. The predicted molar refractivity (Wildman–Crippen MR) is 81.7 cm³/mol. The molecule has 104 valence electrons. The summed E-state index contributed by atoms with van der Waals surface area (Å²) in [4.78, 5) is 16.0. The minimum atomic E-state index is 0.0368. The highest BCUT2D eigenvalue weighted by Gasteiger charge is 2.05. The van der Waals surface area contributed by atoms with E-state index in [1.807, 2.05) is 30.3 Å². The Balaban J connectivity index is 1.90. The van der Waals surface area contributed by atoms with Crippen molar-refractivity contribution in [2.45, 2.75) is 32.6 Å². The van der Waals surface area contributed by atoms with Crippen molar-refractivity contribution in [2.24, 2.45) is 0 Å². The Hall–Kier alpha value is -2.16. The first-order valence-electron chi connectivity index (χ1n) is 6.94. The van der Waals surface area contributed by atoms with Crippen molar-refractivity contribution in [3.8, 4) is 0 Å². The van der Waals surface area contributed by atoms with Crippen LogP contribution in [0.3, 0.4) is 0 Å². The van der Waals surface area contributed by atoms with Gasteiger partial charge in [-0.3, -0.25) is 9.78 Å². The Morgan fingerprint density at radius 1 is 1.25 bits per heavy atom. The summed E-state index contributed by atoms with van der Waals surface area (Å²) in [6.07, 6.45) is 4.72. The molecule has 0 aliphatic rings. The van der Waals surface area contributed by atoms with E-state index in [2.05, 4.69) is 30.2 Å². The average Bonchev–Trinajstić information content (AvgIpc) is 2.46. The van der Waals surface area contributed by atoms with Crippen molar-refractivity contribution in [1.29, 1.82) is 0 Å². The second-order valence-electron chi connectivity index (χ2n) is 5.19. The summed E-state index contributed by atoms with van der Waals surface area (Å²) in [5, 5.41) is 2.95. The molecule has 0 unspecified atom stereocenters. The van der Waals surface area contributed by atoms with Crippen LogP contribution in [0.2, 0.25) is 0 Å². The SMILES string of the molecule is CC(C)c1cccc(NC(=O)CCc2cccnc2)c1. The number of hydrogen-bond donors (Lipinski definition) is 1. The molecule has 3 nitrogen and oxygen atoms in total. The van der Waals surface area contributed by atoms with E-state index in [9.17, 15) is 4.79 Å². The summed E-state index contributed by atoms with van der Waals surface area (Å²) in [6, 6.07) is 11.9. The van der Waals surface area contributed by atoms with Gasteiger partial charge in [-0.1, -0.05) is 32.0 Å².